The molecule has 0 spiro atoms. The number of amides is 2. The van der Waals surface area contributed by atoms with Crippen molar-refractivity contribution in [2.45, 2.75) is 13.8 Å². The summed E-state index contributed by atoms with van der Waals surface area (Å²) < 4.78 is 10.4. The van der Waals surface area contributed by atoms with E-state index in [1.165, 1.54) is 11.1 Å². The first-order chi connectivity index (χ1) is 21.6. The van der Waals surface area contributed by atoms with Gasteiger partial charge in [0.15, 0.2) is 24.8 Å². The molecule has 2 aliphatic rings. The first-order valence-corrected chi connectivity index (χ1v) is 14.5. The number of fused-ring (bicyclic) bond motifs is 2. The Morgan fingerprint density at radius 1 is 0.733 bits per heavy atom. The molecule has 6 rings (SSSR count). The number of nitrogens with two attached hydrogens (primary N) is 1. The number of Topliss-reactive ketones (excluding diaryl/α,β-unsaturated/α-hetero) is 2. The van der Waals surface area contributed by atoms with Crippen LogP contribution in [0.4, 0.5) is 22.7 Å². The normalized spacial score (nSPS) is 12.5. The van der Waals surface area contributed by atoms with E-state index in [4.69, 9.17) is 26.8 Å². The molecule has 0 radical (unpaired) electrons. The molecule has 5 N–H and O–H groups in total. The highest BCUT2D eigenvalue weighted by atomic mass is 35.5. The van der Waals surface area contributed by atoms with Crippen molar-refractivity contribution in [1.82, 2.24) is 0 Å². The van der Waals surface area contributed by atoms with Gasteiger partial charge in [-0.05, 0) is 74.5 Å². The van der Waals surface area contributed by atoms with Crippen molar-refractivity contribution in [3.05, 3.63) is 107 Å². The zero-order valence-electron chi connectivity index (χ0n) is 24.8. The Balaban J connectivity index is 0.000000172. The third-order valence-electron chi connectivity index (χ3n) is 6.57. The van der Waals surface area contributed by atoms with E-state index in [1.54, 1.807) is 36.4 Å². The number of rotatable bonds is 6. The molecular weight excluding hydrogens is 596 g/mol. The number of nitrogen functional groups attached to an aromatic ring is 1. The summed E-state index contributed by atoms with van der Waals surface area (Å²) >= 11 is 5.43. The van der Waals surface area contributed by atoms with Gasteiger partial charge in [0.05, 0.1) is 23.8 Å². The number of benzene rings is 4. The summed E-state index contributed by atoms with van der Waals surface area (Å²) in [6, 6.07) is 25.5. The van der Waals surface area contributed by atoms with Crippen LogP contribution in [-0.4, -0.2) is 49.0 Å². The second kappa shape index (κ2) is 15.4. The number of hydrogen-bond acceptors (Lipinski definition) is 8. The van der Waals surface area contributed by atoms with Crippen molar-refractivity contribution in [2.24, 2.45) is 0 Å². The standard InChI is InChI=1S/C17H16N2O3.C10H8ClNO3.C7H9N/c1-11-2-5-13(6-3-11)18-9-15(20)12-4-7-16-14(8-12)19-17(21)10-22-16;11-4-8(13)6-1-2-9-7(3-6)12-10(14)5-15-9;1-6-2-4-7(8)5-3-6/h2-8,18H,9-10H2,1H3,(H,19,21);1-3H,4-5H2,(H,12,14);2-5H,8H2,1H3. The quantitative estimate of drug-likeness (QED) is 0.122. The van der Waals surface area contributed by atoms with E-state index < -0.39 is 0 Å². The van der Waals surface area contributed by atoms with Crippen LogP contribution >= 0.6 is 11.6 Å². The Labute approximate surface area is 265 Å². The van der Waals surface area contributed by atoms with Gasteiger partial charge in [-0.3, -0.25) is 19.2 Å². The molecule has 232 valence electrons. The van der Waals surface area contributed by atoms with Crippen LogP contribution in [0, 0.1) is 13.8 Å². The number of carbonyl (C=O) groups is 4. The fourth-order valence-electron chi connectivity index (χ4n) is 4.11. The number of ketones is 2. The predicted molar refractivity (Wildman–Crippen MR) is 176 cm³/mol. The van der Waals surface area contributed by atoms with Crippen LogP contribution in [0.1, 0.15) is 31.8 Å². The Bertz CT molecular complexity index is 1670. The third-order valence-corrected chi connectivity index (χ3v) is 6.81. The highest BCUT2D eigenvalue weighted by Crippen LogP contribution is 2.29. The van der Waals surface area contributed by atoms with Crippen molar-refractivity contribution in [3.8, 4) is 11.5 Å². The number of hydrogen-bond donors (Lipinski definition) is 4. The van der Waals surface area contributed by atoms with Crippen LogP contribution < -0.4 is 31.2 Å². The van der Waals surface area contributed by atoms with E-state index in [9.17, 15) is 19.2 Å². The summed E-state index contributed by atoms with van der Waals surface area (Å²) in [5.74, 6) is 0.409. The summed E-state index contributed by atoms with van der Waals surface area (Å²) in [5.41, 5.74) is 11.6. The number of carbonyl (C=O) groups excluding carboxylic acids is 4. The maximum absolute atomic E-state index is 12.2. The largest absolute Gasteiger partial charge is 0.482 e. The molecule has 11 heteroatoms. The summed E-state index contributed by atoms with van der Waals surface area (Å²) in [7, 11) is 0. The summed E-state index contributed by atoms with van der Waals surface area (Å²) in [6.45, 7) is 4.26. The maximum Gasteiger partial charge on any atom is 0.262 e. The molecule has 0 aromatic heterocycles. The van der Waals surface area contributed by atoms with Crippen molar-refractivity contribution >= 4 is 57.7 Å². The van der Waals surface area contributed by atoms with Crippen LogP contribution in [-0.2, 0) is 9.59 Å². The number of aryl methyl sites for hydroxylation is 2. The Hall–Kier alpha value is -5.35. The van der Waals surface area contributed by atoms with Gasteiger partial charge in [0.1, 0.15) is 11.5 Å². The molecule has 0 bridgehead atoms. The van der Waals surface area contributed by atoms with E-state index in [0.29, 0.717) is 34.0 Å². The fraction of sp³-hybridized carbons (Fsp3) is 0.176. The van der Waals surface area contributed by atoms with Crippen molar-refractivity contribution in [3.63, 3.8) is 0 Å². The molecule has 0 unspecified atom stereocenters. The summed E-state index contributed by atoms with van der Waals surface area (Å²) in [4.78, 5) is 45.9. The summed E-state index contributed by atoms with van der Waals surface area (Å²) in [5, 5.41) is 8.41. The molecule has 45 heavy (non-hydrogen) atoms. The van der Waals surface area contributed by atoms with Gasteiger partial charge in [0.25, 0.3) is 11.8 Å². The van der Waals surface area contributed by atoms with Gasteiger partial charge in [0.2, 0.25) is 0 Å². The monoisotopic (exact) mass is 628 g/mol. The van der Waals surface area contributed by atoms with Gasteiger partial charge in [-0.2, -0.15) is 0 Å². The lowest BCUT2D eigenvalue weighted by Gasteiger charge is -2.18. The predicted octanol–water partition coefficient (Wildman–Crippen LogP) is 5.64. The van der Waals surface area contributed by atoms with Crippen molar-refractivity contribution < 1.29 is 28.7 Å². The Morgan fingerprint density at radius 3 is 1.67 bits per heavy atom. The van der Waals surface area contributed by atoms with Gasteiger partial charge in [-0.1, -0.05) is 35.4 Å². The Morgan fingerprint density at radius 2 is 1.20 bits per heavy atom. The SMILES string of the molecule is Cc1ccc(N)cc1.Cc1ccc(NCC(=O)c2ccc3c(c2)NC(=O)CO3)cc1.O=C1COc2ccc(C(=O)CCl)cc2N1. The molecule has 2 aliphatic heterocycles. The number of nitrogens with one attached hydrogen (secondary N) is 3. The second-order valence-corrected chi connectivity index (χ2v) is 10.5. The zero-order valence-corrected chi connectivity index (χ0v) is 25.6. The van der Waals surface area contributed by atoms with Crippen LogP contribution in [0.25, 0.3) is 0 Å². The van der Waals surface area contributed by atoms with Gasteiger partial charge in [0, 0.05) is 22.5 Å². The van der Waals surface area contributed by atoms with Gasteiger partial charge < -0.3 is 31.2 Å². The molecule has 2 heterocycles. The van der Waals surface area contributed by atoms with Crippen molar-refractivity contribution in [1.29, 1.82) is 0 Å². The number of alkyl halides is 1. The Kier molecular flexibility index (Phi) is 11.1. The molecule has 0 aliphatic carbocycles. The molecule has 0 saturated heterocycles. The van der Waals surface area contributed by atoms with Gasteiger partial charge in [-0.15, -0.1) is 11.6 Å². The lowest BCUT2D eigenvalue weighted by atomic mass is 10.1. The minimum absolute atomic E-state index is 0.00920. The fourth-order valence-corrected chi connectivity index (χ4v) is 4.27. The van der Waals surface area contributed by atoms with E-state index in [0.717, 1.165) is 11.4 Å². The molecule has 2 amide bonds. The number of halogens is 1. The van der Waals surface area contributed by atoms with Gasteiger partial charge >= 0.3 is 0 Å². The third kappa shape index (κ3) is 9.57. The molecule has 0 atom stereocenters. The van der Waals surface area contributed by atoms with E-state index in [2.05, 4.69) is 16.0 Å². The van der Waals surface area contributed by atoms with Crippen LogP contribution in [0.5, 0.6) is 11.5 Å². The minimum atomic E-state index is -0.224. The average Bonchev–Trinajstić information content (AvgIpc) is 3.05. The maximum atomic E-state index is 12.2. The minimum Gasteiger partial charge on any atom is -0.482 e. The smallest absolute Gasteiger partial charge is 0.262 e. The first kappa shape index (κ1) is 32.6. The highest BCUT2D eigenvalue weighted by Gasteiger charge is 2.18. The van der Waals surface area contributed by atoms with Crippen LogP contribution in [0.2, 0.25) is 0 Å². The number of anilines is 4. The van der Waals surface area contributed by atoms with Crippen LogP contribution in [0.3, 0.4) is 0 Å². The molecule has 0 saturated carbocycles. The van der Waals surface area contributed by atoms with Crippen LogP contribution in [0.15, 0.2) is 84.9 Å². The van der Waals surface area contributed by atoms with Gasteiger partial charge in [-0.25, -0.2) is 0 Å². The summed E-state index contributed by atoms with van der Waals surface area (Å²) in [6.07, 6.45) is 0. The molecule has 0 fully saturated rings. The first-order valence-electron chi connectivity index (χ1n) is 14.0. The van der Waals surface area contributed by atoms with E-state index in [-0.39, 0.29) is 49.0 Å². The molecule has 4 aromatic rings. The second-order valence-electron chi connectivity index (χ2n) is 10.2. The average molecular weight is 629 g/mol. The van der Waals surface area contributed by atoms with Crippen molar-refractivity contribution in [2.75, 3.05) is 47.3 Å². The topological polar surface area (TPSA) is 149 Å². The molecule has 10 nitrogen and oxygen atoms in total. The van der Waals surface area contributed by atoms with E-state index in [1.807, 2.05) is 62.4 Å². The zero-order chi connectivity index (χ0) is 32.3. The molecular formula is C34H33ClN4O6. The highest BCUT2D eigenvalue weighted by molar-refractivity contribution is 6.30. The number of ether oxygens (including phenoxy) is 2. The van der Waals surface area contributed by atoms with E-state index >= 15 is 0 Å². The lowest BCUT2D eigenvalue weighted by molar-refractivity contribution is -0.119. The molecule has 4 aromatic carbocycles. The lowest BCUT2D eigenvalue weighted by Crippen LogP contribution is -2.25.